The van der Waals surface area contributed by atoms with Crippen LogP contribution in [0.15, 0.2) is 60.8 Å². The number of carbonyl (C=O) groups excluding carboxylic acids is 1. The van der Waals surface area contributed by atoms with Gasteiger partial charge in [-0.3, -0.25) is 4.79 Å². The summed E-state index contributed by atoms with van der Waals surface area (Å²) in [5.41, 5.74) is 3.32. The Kier molecular flexibility index (Phi) is 7.00. The Morgan fingerprint density at radius 1 is 1.10 bits per heavy atom. The average Bonchev–Trinajstić information content (AvgIpc) is 3.17. The fourth-order valence-electron chi connectivity index (χ4n) is 3.51. The molecule has 1 N–H and O–H groups in total. The van der Waals surface area contributed by atoms with E-state index in [4.69, 9.17) is 0 Å². The number of halogens is 1. The molecule has 0 radical (unpaired) electrons. The first kappa shape index (κ1) is 21.7. The molecule has 1 aromatic heterocycles. The number of hydrogen-bond donors (Lipinski definition) is 1. The molecule has 0 fully saturated rings. The SMILES string of the molecule is CC(C)c1c(C(=O)NCC(Cc2ccccc2)N(C)C)cnn1-c1ccc(F)cc1. The van der Waals surface area contributed by atoms with Crippen LogP contribution in [-0.4, -0.2) is 47.3 Å². The van der Waals surface area contributed by atoms with Crippen molar-refractivity contribution in [3.05, 3.63) is 83.4 Å². The van der Waals surface area contributed by atoms with Crippen LogP contribution in [0.3, 0.4) is 0 Å². The zero-order valence-corrected chi connectivity index (χ0v) is 18.0. The Labute approximate surface area is 177 Å². The first-order chi connectivity index (χ1) is 14.4. The Morgan fingerprint density at radius 2 is 1.77 bits per heavy atom. The van der Waals surface area contributed by atoms with E-state index in [0.29, 0.717) is 12.1 Å². The van der Waals surface area contributed by atoms with Gasteiger partial charge in [0.1, 0.15) is 5.82 Å². The van der Waals surface area contributed by atoms with E-state index in [0.717, 1.165) is 17.8 Å². The lowest BCUT2D eigenvalue weighted by molar-refractivity contribution is 0.0940. The van der Waals surface area contributed by atoms with Crippen molar-refractivity contribution < 1.29 is 9.18 Å². The monoisotopic (exact) mass is 408 g/mol. The predicted molar refractivity (Wildman–Crippen MR) is 118 cm³/mol. The molecule has 0 aliphatic carbocycles. The van der Waals surface area contributed by atoms with Crippen molar-refractivity contribution in [2.24, 2.45) is 0 Å². The van der Waals surface area contributed by atoms with Crippen LogP contribution < -0.4 is 5.32 Å². The van der Waals surface area contributed by atoms with E-state index in [1.807, 2.05) is 46.1 Å². The third kappa shape index (κ3) is 5.13. The van der Waals surface area contributed by atoms with E-state index in [9.17, 15) is 9.18 Å². The van der Waals surface area contributed by atoms with Gasteiger partial charge in [-0.05, 0) is 56.3 Å². The summed E-state index contributed by atoms with van der Waals surface area (Å²) in [5.74, 6) is -0.373. The molecule has 1 atom stereocenters. The standard InChI is InChI=1S/C24H29FN4O/c1-17(2)23-22(16-27-29(23)20-12-10-19(25)11-13-20)24(30)26-15-21(28(3)4)14-18-8-6-5-7-9-18/h5-13,16-17,21H,14-15H2,1-4H3,(H,26,30). The van der Waals surface area contributed by atoms with Gasteiger partial charge in [0, 0.05) is 12.6 Å². The molecule has 6 heteroatoms. The summed E-state index contributed by atoms with van der Waals surface area (Å²) in [6.45, 7) is 4.57. The van der Waals surface area contributed by atoms with Crippen molar-refractivity contribution in [1.29, 1.82) is 0 Å². The van der Waals surface area contributed by atoms with Crippen LogP contribution in [0.2, 0.25) is 0 Å². The summed E-state index contributed by atoms with van der Waals surface area (Å²) in [5, 5.41) is 7.49. The van der Waals surface area contributed by atoms with Gasteiger partial charge in [-0.15, -0.1) is 0 Å². The molecule has 2 aromatic carbocycles. The van der Waals surface area contributed by atoms with E-state index in [-0.39, 0.29) is 23.7 Å². The molecule has 3 rings (SSSR count). The molecule has 158 valence electrons. The number of hydrogen-bond acceptors (Lipinski definition) is 3. The van der Waals surface area contributed by atoms with Crippen LogP contribution in [0.25, 0.3) is 5.69 Å². The summed E-state index contributed by atoms with van der Waals surface area (Å²) in [6, 6.07) is 16.5. The van der Waals surface area contributed by atoms with Gasteiger partial charge in [0.05, 0.1) is 23.1 Å². The van der Waals surface area contributed by atoms with Crippen LogP contribution in [0.4, 0.5) is 4.39 Å². The topological polar surface area (TPSA) is 50.2 Å². The van der Waals surface area contributed by atoms with Gasteiger partial charge < -0.3 is 10.2 Å². The van der Waals surface area contributed by atoms with Crippen LogP contribution >= 0.6 is 0 Å². The molecule has 0 aliphatic heterocycles. The molecular weight excluding hydrogens is 379 g/mol. The third-order valence-electron chi connectivity index (χ3n) is 5.21. The number of aromatic nitrogens is 2. The smallest absolute Gasteiger partial charge is 0.254 e. The normalized spacial score (nSPS) is 12.4. The molecule has 0 saturated carbocycles. The minimum absolute atomic E-state index is 0.0762. The van der Waals surface area contributed by atoms with Crippen molar-refractivity contribution in [2.45, 2.75) is 32.2 Å². The van der Waals surface area contributed by atoms with Crippen molar-refractivity contribution in [3.8, 4) is 5.69 Å². The fraction of sp³-hybridized carbons (Fsp3) is 0.333. The number of nitrogens with zero attached hydrogens (tertiary/aromatic N) is 3. The van der Waals surface area contributed by atoms with E-state index in [1.165, 1.54) is 17.7 Å². The fourth-order valence-corrected chi connectivity index (χ4v) is 3.51. The van der Waals surface area contributed by atoms with Gasteiger partial charge in [-0.25, -0.2) is 9.07 Å². The second-order valence-electron chi connectivity index (χ2n) is 8.00. The van der Waals surface area contributed by atoms with Crippen molar-refractivity contribution in [2.75, 3.05) is 20.6 Å². The highest BCUT2D eigenvalue weighted by atomic mass is 19.1. The number of benzene rings is 2. The third-order valence-corrected chi connectivity index (χ3v) is 5.21. The molecule has 5 nitrogen and oxygen atoms in total. The van der Waals surface area contributed by atoms with E-state index in [1.54, 1.807) is 23.0 Å². The van der Waals surface area contributed by atoms with Gasteiger partial charge >= 0.3 is 0 Å². The maximum Gasteiger partial charge on any atom is 0.254 e. The molecule has 0 aliphatic rings. The maximum absolute atomic E-state index is 13.3. The number of nitrogens with one attached hydrogen (secondary N) is 1. The summed E-state index contributed by atoms with van der Waals surface area (Å²) in [4.78, 5) is 15.1. The van der Waals surface area contributed by atoms with Crippen molar-refractivity contribution in [1.82, 2.24) is 20.0 Å². The zero-order chi connectivity index (χ0) is 21.7. The molecule has 0 saturated heterocycles. The minimum atomic E-state index is -0.303. The molecule has 30 heavy (non-hydrogen) atoms. The Bertz CT molecular complexity index is 965. The van der Waals surface area contributed by atoms with Gasteiger partial charge in [-0.2, -0.15) is 5.10 Å². The van der Waals surface area contributed by atoms with Gasteiger partial charge in [0.25, 0.3) is 5.91 Å². The van der Waals surface area contributed by atoms with Crippen LogP contribution in [0, 0.1) is 5.82 Å². The zero-order valence-electron chi connectivity index (χ0n) is 18.0. The highest BCUT2D eigenvalue weighted by Gasteiger charge is 2.22. The lowest BCUT2D eigenvalue weighted by Crippen LogP contribution is -2.41. The first-order valence-corrected chi connectivity index (χ1v) is 10.2. The van der Waals surface area contributed by atoms with Crippen LogP contribution in [0.1, 0.15) is 41.4 Å². The highest BCUT2D eigenvalue weighted by Crippen LogP contribution is 2.23. The molecular formula is C24H29FN4O. The minimum Gasteiger partial charge on any atom is -0.350 e. The number of likely N-dealkylation sites (N-methyl/N-ethyl adjacent to an activating group) is 1. The van der Waals surface area contributed by atoms with E-state index in [2.05, 4.69) is 27.4 Å². The molecule has 0 spiro atoms. The van der Waals surface area contributed by atoms with Gasteiger partial charge in [-0.1, -0.05) is 44.2 Å². The van der Waals surface area contributed by atoms with Crippen LogP contribution in [0.5, 0.6) is 0 Å². The van der Waals surface area contributed by atoms with Crippen molar-refractivity contribution >= 4 is 5.91 Å². The average molecular weight is 409 g/mol. The van der Waals surface area contributed by atoms with Crippen molar-refractivity contribution in [3.63, 3.8) is 0 Å². The molecule has 1 unspecified atom stereocenters. The van der Waals surface area contributed by atoms with E-state index >= 15 is 0 Å². The summed E-state index contributed by atoms with van der Waals surface area (Å²) < 4.78 is 15.0. The first-order valence-electron chi connectivity index (χ1n) is 10.2. The van der Waals surface area contributed by atoms with Gasteiger partial charge in [0.15, 0.2) is 0 Å². The Balaban J connectivity index is 1.76. The van der Waals surface area contributed by atoms with Gasteiger partial charge in [0.2, 0.25) is 0 Å². The second kappa shape index (κ2) is 9.67. The predicted octanol–water partition coefficient (Wildman–Crippen LogP) is 4.04. The summed E-state index contributed by atoms with van der Waals surface area (Å²) >= 11 is 0. The molecule has 3 aromatic rings. The number of amides is 1. The largest absolute Gasteiger partial charge is 0.350 e. The number of rotatable bonds is 8. The maximum atomic E-state index is 13.3. The van der Waals surface area contributed by atoms with Crippen LogP contribution in [-0.2, 0) is 6.42 Å². The molecule has 0 bridgehead atoms. The van der Waals surface area contributed by atoms with E-state index < -0.39 is 0 Å². The number of carbonyl (C=O) groups is 1. The molecule has 1 amide bonds. The summed E-state index contributed by atoms with van der Waals surface area (Å²) in [7, 11) is 4.04. The lowest BCUT2D eigenvalue weighted by atomic mass is 10.0. The Hall–Kier alpha value is -2.99. The lowest BCUT2D eigenvalue weighted by Gasteiger charge is -2.25. The summed E-state index contributed by atoms with van der Waals surface area (Å²) in [6.07, 6.45) is 2.44. The Morgan fingerprint density at radius 3 is 2.37 bits per heavy atom. The molecule has 1 heterocycles. The highest BCUT2D eigenvalue weighted by molar-refractivity contribution is 5.95. The second-order valence-corrected chi connectivity index (χ2v) is 8.00. The quantitative estimate of drug-likeness (QED) is 0.612.